The molecule has 0 radical (unpaired) electrons. The maximum absolute atomic E-state index is 5.80. The molecule has 0 atom stereocenters. The summed E-state index contributed by atoms with van der Waals surface area (Å²) >= 11 is 1.76. The Hall–Kier alpha value is -1.32. The Morgan fingerprint density at radius 1 is 1.19 bits per heavy atom. The van der Waals surface area contributed by atoms with Crippen LogP contribution in [-0.4, -0.2) is 19.7 Å². The van der Waals surface area contributed by atoms with Gasteiger partial charge >= 0.3 is 0 Å². The van der Waals surface area contributed by atoms with Crippen LogP contribution in [0.1, 0.15) is 36.5 Å². The summed E-state index contributed by atoms with van der Waals surface area (Å²) in [4.78, 5) is 0. The Morgan fingerprint density at radius 3 is 2.71 bits per heavy atom. The van der Waals surface area contributed by atoms with Crippen molar-refractivity contribution in [2.24, 2.45) is 0 Å². The minimum Gasteiger partial charge on any atom is -0.492 e. The Kier molecular flexibility index (Phi) is 6.27. The summed E-state index contributed by atoms with van der Waals surface area (Å²) in [5, 5.41) is 7.75. The van der Waals surface area contributed by atoms with E-state index in [4.69, 9.17) is 4.74 Å². The van der Waals surface area contributed by atoms with E-state index in [-0.39, 0.29) is 0 Å². The molecule has 0 aliphatic heterocycles. The van der Waals surface area contributed by atoms with E-state index in [1.807, 2.05) is 0 Å². The van der Waals surface area contributed by atoms with Gasteiger partial charge < -0.3 is 10.1 Å². The van der Waals surface area contributed by atoms with E-state index in [0.717, 1.165) is 25.3 Å². The van der Waals surface area contributed by atoms with E-state index in [2.05, 4.69) is 61.1 Å². The van der Waals surface area contributed by atoms with Crippen LogP contribution in [0.4, 0.5) is 0 Å². The minimum absolute atomic E-state index is 0.567. The number of hydrogen-bond acceptors (Lipinski definition) is 3. The zero-order chi connectivity index (χ0) is 15.1. The van der Waals surface area contributed by atoms with Crippen LogP contribution < -0.4 is 10.1 Å². The molecule has 0 saturated heterocycles. The lowest BCUT2D eigenvalue weighted by molar-refractivity contribution is 0.314. The molecule has 2 nitrogen and oxygen atoms in total. The SMILES string of the molecule is Cc1cc(OCCNCCc2ccsc2)ccc1C(C)C. The molecule has 1 aromatic heterocycles. The van der Waals surface area contributed by atoms with E-state index >= 15 is 0 Å². The van der Waals surface area contributed by atoms with Crippen LogP contribution in [0.25, 0.3) is 0 Å². The molecular formula is C18H25NOS. The largest absolute Gasteiger partial charge is 0.492 e. The lowest BCUT2D eigenvalue weighted by atomic mass is 9.98. The summed E-state index contributed by atoms with van der Waals surface area (Å²) in [7, 11) is 0. The Bertz CT molecular complexity index is 534. The first kappa shape index (κ1) is 16.1. The van der Waals surface area contributed by atoms with Gasteiger partial charge in [-0.05, 0) is 71.5 Å². The van der Waals surface area contributed by atoms with E-state index < -0.39 is 0 Å². The number of thiophene rings is 1. The van der Waals surface area contributed by atoms with Crippen LogP contribution in [0.15, 0.2) is 35.0 Å². The van der Waals surface area contributed by atoms with Crippen molar-refractivity contribution in [1.82, 2.24) is 5.32 Å². The van der Waals surface area contributed by atoms with Crippen molar-refractivity contribution < 1.29 is 4.74 Å². The van der Waals surface area contributed by atoms with Gasteiger partial charge in [-0.15, -0.1) is 0 Å². The van der Waals surface area contributed by atoms with Crippen LogP contribution in [0.3, 0.4) is 0 Å². The van der Waals surface area contributed by atoms with Crippen molar-refractivity contribution in [2.45, 2.75) is 33.1 Å². The molecule has 0 aliphatic carbocycles. The molecule has 0 fully saturated rings. The van der Waals surface area contributed by atoms with Gasteiger partial charge in [-0.2, -0.15) is 11.3 Å². The molecular weight excluding hydrogens is 278 g/mol. The first-order valence-corrected chi connectivity index (χ1v) is 8.56. The lowest BCUT2D eigenvalue weighted by Crippen LogP contribution is -2.23. The highest BCUT2D eigenvalue weighted by Gasteiger charge is 2.04. The van der Waals surface area contributed by atoms with Gasteiger partial charge in [0.05, 0.1) is 0 Å². The number of ether oxygens (including phenoxy) is 1. The second-order valence-corrected chi connectivity index (χ2v) is 6.43. The molecule has 1 N–H and O–H groups in total. The fourth-order valence-corrected chi connectivity index (χ4v) is 3.12. The highest BCUT2D eigenvalue weighted by molar-refractivity contribution is 7.07. The smallest absolute Gasteiger partial charge is 0.119 e. The van der Waals surface area contributed by atoms with Crippen molar-refractivity contribution in [3.63, 3.8) is 0 Å². The number of aryl methyl sites for hydroxylation is 1. The van der Waals surface area contributed by atoms with Gasteiger partial charge in [0.2, 0.25) is 0 Å². The second-order valence-electron chi connectivity index (χ2n) is 5.65. The highest BCUT2D eigenvalue weighted by atomic mass is 32.1. The molecule has 0 amide bonds. The lowest BCUT2D eigenvalue weighted by Gasteiger charge is -2.12. The van der Waals surface area contributed by atoms with Crippen LogP contribution in [0, 0.1) is 6.92 Å². The van der Waals surface area contributed by atoms with Gasteiger partial charge in [-0.25, -0.2) is 0 Å². The summed E-state index contributed by atoms with van der Waals surface area (Å²) < 4.78 is 5.80. The van der Waals surface area contributed by atoms with Crippen molar-refractivity contribution in [1.29, 1.82) is 0 Å². The Morgan fingerprint density at radius 2 is 2.05 bits per heavy atom. The van der Waals surface area contributed by atoms with Gasteiger partial charge in [0.15, 0.2) is 0 Å². The average molecular weight is 303 g/mol. The van der Waals surface area contributed by atoms with E-state index in [0.29, 0.717) is 12.5 Å². The highest BCUT2D eigenvalue weighted by Crippen LogP contribution is 2.23. The fourth-order valence-electron chi connectivity index (χ4n) is 2.42. The third kappa shape index (κ3) is 5.18. The van der Waals surface area contributed by atoms with Crippen molar-refractivity contribution in [2.75, 3.05) is 19.7 Å². The van der Waals surface area contributed by atoms with Gasteiger partial charge in [-0.1, -0.05) is 19.9 Å². The summed E-state index contributed by atoms with van der Waals surface area (Å²) in [5.41, 5.74) is 4.12. The molecule has 3 heteroatoms. The Balaban J connectivity index is 1.65. The van der Waals surface area contributed by atoms with E-state index in [1.54, 1.807) is 11.3 Å². The maximum Gasteiger partial charge on any atom is 0.119 e. The molecule has 2 aromatic rings. The van der Waals surface area contributed by atoms with Crippen molar-refractivity contribution in [3.8, 4) is 5.75 Å². The summed E-state index contributed by atoms with van der Waals surface area (Å²) in [6.45, 7) is 9.20. The molecule has 0 saturated carbocycles. The number of hydrogen-bond donors (Lipinski definition) is 1. The first-order chi connectivity index (χ1) is 10.2. The number of nitrogens with one attached hydrogen (secondary N) is 1. The van der Waals surface area contributed by atoms with Gasteiger partial charge in [0.1, 0.15) is 12.4 Å². The molecule has 0 spiro atoms. The zero-order valence-electron chi connectivity index (χ0n) is 13.2. The molecule has 0 aliphatic rings. The topological polar surface area (TPSA) is 21.3 Å². The molecule has 1 heterocycles. The average Bonchev–Trinajstić information content (AvgIpc) is 2.95. The van der Waals surface area contributed by atoms with Crippen LogP contribution in [-0.2, 0) is 6.42 Å². The Labute approximate surface area is 132 Å². The van der Waals surface area contributed by atoms with Crippen LogP contribution in [0.5, 0.6) is 5.75 Å². The van der Waals surface area contributed by atoms with E-state index in [1.165, 1.54) is 16.7 Å². The molecule has 0 unspecified atom stereocenters. The van der Waals surface area contributed by atoms with Crippen LogP contribution >= 0.6 is 11.3 Å². The van der Waals surface area contributed by atoms with Gasteiger partial charge in [0.25, 0.3) is 0 Å². The van der Waals surface area contributed by atoms with Crippen molar-refractivity contribution >= 4 is 11.3 Å². The van der Waals surface area contributed by atoms with E-state index in [9.17, 15) is 0 Å². The quantitative estimate of drug-likeness (QED) is 0.730. The monoisotopic (exact) mass is 303 g/mol. The predicted octanol–water partition coefficient (Wildman–Crippen LogP) is 4.39. The molecule has 2 rings (SSSR count). The second kappa shape index (κ2) is 8.20. The van der Waals surface area contributed by atoms with Crippen LogP contribution in [0.2, 0.25) is 0 Å². The third-order valence-electron chi connectivity index (χ3n) is 3.58. The third-order valence-corrected chi connectivity index (χ3v) is 4.31. The zero-order valence-corrected chi connectivity index (χ0v) is 14.0. The van der Waals surface area contributed by atoms with Gasteiger partial charge in [-0.3, -0.25) is 0 Å². The number of benzene rings is 1. The first-order valence-electron chi connectivity index (χ1n) is 7.62. The summed E-state index contributed by atoms with van der Waals surface area (Å²) in [5.74, 6) is 1.54. The predicted molar refractivity (Wildman–Crippen MR) is 91.7 cm³/mol. The summed E-state index contributed by atoms with van der Waals surface area (Å²) in [6, 6.07) is 8.58. The minimum atomic E-state index is 0.567. The fraction of sp³-hybridized carbons (Fsp3) is 0.444. The number of rotatable bonds is 8. The summed E-state index contributed by atoms with van der Waals surface area (Å²) in [6.07, 6.45) is 1.09. The molecule has 0 bridgehead atoms. The maximum atomic E-state index is 5.80. The molecule has 114 valence electrons. The van der Waals surface area contributed by atoms with Gasteiger partial charge in [0, 0.05) is 6.54 Å². The standard InChI is InChI=1S/C18H25NOS/c1-14(2)18-5-4-17(12-15(18)3)20-10-9-19-8-6-16-7-11-21-13-16/h4-5,7,11-14,19H,6,8-10H2,1-3H3. The molecule has 1 aromatic carbocycles. The van der Waals surface area contributed by atoms with Crippen molar-refractivity contribution in [3.05, 3.63) is 51.7 Å². The molecule has 21 heavy (non-hydrogen) atoms. The normalized spacial score (nSPS) is 11.0.